The maximum atomic E-state index is 12.1. The van der Waals surface area contributed by atoms with Gasteiger partial charge in [-0.25, -0.2) is 0 Å². The van der Waals surface area contributed by atoms with Crippen LogP contribution in [0.3, 0.4) is 0 Å². The number of carbonyl (C=O) groups is 1. The minimum Gasteiger partial charge on any atom is -0.355 e. The second-order valence-corrected chi connectivity index (χ2v) is 6.54. The Morgan fingerprint density at radius 2 is 2.17 bits per heavy atom. The van der Waals surface area contributed by atoms with Gasteiger partial charge in [-0.3, -0.25) is 4.79 Å². The van der Waals surface area contributed by atoms with E-state index in [4.69, 9.17) is 11.6 Å². The molecule has 0 bridgehead atoms. The molecule has 3 rings (SSSR count). The van der Waals surface area contributed by atoms with Crippen molar-refractivity contribution in [3.8, 4) is 0 Å². The van der Waals surface area contributed by atoms with Gasteiger partial charge in [0.2, 0.25) is 5.91 Å². The van der Waals surface area contributed by atoms with Crippen molar-refractivity contribution in [2.24, 2.45) is 0 Å². The van der Waals surface area contributed by atoms with Crippen LogP contribution in [-0.4, -0.2) is 33.1 Å². The molecule has 0 unspecified atom stereocenters. The summed E-state index contributed by atoms with van der Waals surface area (Å²) in [4.78, 5) is 12.1. The molecule has 0 spiro atoms. The number of aryl methyl sites for hydroxylation is 1. The number of hydrogen-bond acceptors (Lipinski definition) is 4. The molecule has 23 heavy (non-hydrogen) atoms. The topological polar surface area (TPSA) is 83.6 Å². The van der Waals surface area contributed by atoms with Crippen LogP contribution in [0.25, 0.3) is 0 Å². The average Bonchev–Trinajstić information content (AvgIpc) is 3.23. The third-order valence-corrected chi connectivity index (χ3v) is 4.82. The van der Waals surface area contributed by atoms with Crippen molar-refractivity contribution < 1.29 is 4.79 Å². The molecule has 0 radical (unpaired) electrons. The molecule has 1 fully saturated rings. The predicted octanol–water partition coefficient (Wildman–Crippen LogP) is 2.41. The number of halogens is 1. The Labute approximate surface area is 140 Å². The van der Waals surface area contributed by atoms with Crippen molar-refractivity contribution in [1.29, 1.82) is 0 Å². The standard InChI is InChI=1S/C16H20ClN5O/c17-13-5-3-4-12(10-13)16(8-1-2-9-16)11-18-15(23)7-6-14-19-21-22-20-14/h3-5,10H,1-2,6-9,11H2,(H,18,23)(H,19,20,21,22). The highest BCUT2D eigenvalue weighted by Gasteiger charge is 2.35. The first kappa shape index (κ1) is 15.9. The molecule has 1 aromatic carbocycles. The summed E-state index contributed by atoms with van der Waals surface area (Å²) in [7, 11) is 0. The van der Waals surface area contributed by atoms with Crippen LogP contribution in [0.5, 0.6) is 0 Å². The zero-order valence-electron chi connectivity index (χ0n) is 12.9. The third-order valence-electron chi connectivity index (χ3n) is 4.59. The van der Waals surface area contributed by atoms with Crippen LogP contribution >= 0.6 is 11.6 Å². The Kier molecular flexibility index (Phi) is 4.91. The van der Waals surface area contributed by atoms with Gasteiger partial charge in [-0.05, 0) is 30.5 Å². The van der Waals surface area contributed by atoms with Crippen molar-refractivity contribution in [1.82, 2.24) is 25.9 Å². The molecule has 1 aliphatic carbocycles. The highest BCUT2D eigenvalue weighted by atomic mass is 35.5. The lowest BCUT2D eigenvalue weighted by Gasteiger charge is -2.30. The molecular weight excluding hydrogens is 314 g/mol. The molecule has 2 N–H and O–H groups in total. The average molecular weight is 334 g/mol. The van der Waals surface area contributed by atoms with E-state index in [-0.39, 0.29) is 11.3 Å². The molecule has 1 amide bonds. The van der Waals surface area contributed by atoms with Crippen LogP contribution < -0.4 is 5.32 Å². The summed E-state index contributed by atoms with van der Waals surface area (Å²) in [5, 5.41) is 17.4. The minimum absolute atomic E-state index is 0.00665. The Balaban J connectivity index is 1.60. The Morgan fingerprint density at radius 3 is 2.87 bits per heavy atom. The summed E-state index contributed by atoms with van der Waals surface area (Å²) in [6.07, 6.45) is 5.39. The smallest absolute Gasteiger partial charge is 0.220 e. The summed E-state index contributed by atoms with van der Waals surface area (Å²) in [6, 6.07) is 8.01. The molecule has 2 aromatic rings. The maximum absolute atomic E-state index is 12.1. The number of H-pyrrole nitrogens is 1. The number of aromatic nitrogens is 4. The van der Waals surface area contributed by atoms with E-state index < -0.39 is 0 Å². The summed E-state index contributed by atoms with van der Waals surface area (Å²) in [6.45, 7) is 0.651. The van der Waals surface area contributed by atoms with Gasteiger partial charge in [-0.2, -0.15) is 5.21 Å². The van der Waals surface area contributed by atoms with Crippen LogP contribution in [0, 0.1) is 0 Å². The van der Waals surface area contributed by atoms with Crippen LogP contribution in [0.1, 0.15) is 43.5 Å². The number of hydrogen-bond donors (Lipinski definition) is 2. The van der Waals surface area contributed by atoms with Gasteiger partial charge in [0.15, 0.2) is 5.82 Å². The fourth-order valence-corrected chi connectivity index (χ4v) is 3.50. The highest BCUT2D eigenvalue weighted by molar-refractivity contribution is 6.30. The number of benzene rings is 1. The maximum Gasteiger partial charge on any atom is 0.220 e. The number of nitrogens with zero attached hydrogens (tertiary/aromatic N) is 3. The van der Waals surface area contributed by atoms with Gasteiger partial charge < -0.3 is 5.32 Å². The summed E-state index contributed by atoms with van der Waals surface area (Å²) in [5.41, 5.74) is 1.23. The highest BCUT2D eigenvalue weighted by Crippen LogP contribution is 2.41. The van der Waals surface area contributed by atoms with E-state index in [2.05, 4.69) is 32.0 Å². The Hall–Kier alpha value is -1.95. The number of rotatable bonds is 6. The number of tetrazole rings is 1. The first-order valence-corrected chi connectivity index (χ1v) is 8.31. The van der Waals surface area contributed by atoms with E-state index in [0.717, 1.165) is 17.9 Å². The van der Waals surface area contributed by atoms with E-state index in [1.165, 1.54) is 18.4 Å². The van der Waals surface area contributed by atoms with E-state index in [0.29, 0.717) is 25.2 Å². The largest absolute Gasteiger partial charge is 0.355 e. The number of nitrogens with one attached hydrogen (secondary N) is 2. The molecule has 0 aliphatic heterocycles. The van der Waals surface area contributed by atoms with Crippen LogP contribution in [0.2, 0.25) is 5.02 Å². The molecule has 122 valence electrons. The number of aromatic amines is 1. The van der Waals surface area contributed by atoms with Gasteiger partial charge in [0.1, 0.15) is 0 Å². The lowest BCUT2D eigenvalue weighted by Crippen LogP contribution is -2.39. The molecule has 1 heterocycles. The van der Waals surface area contributed by atoms with Gasteiger partial charge in [-0.15, -0.1) is 10.2 Å². The monoisotopic (exact) mass is 333 g/mol. The van der Waals surface area contributed by atoms with E-state index in [9.17, 15) is 4.79 Å². The molecule has 1 aromatic heterocycles. The third kappa shape index (κ3) is 3.88. The number of carbonyl (C=O) groups excluding carboxylic acids is 1. The van der Waals surface area contributed by atoms with Gasteiger partial charge in [0, 0.05) is 29.8 Å². The fraction of sp³-hybridized carbons (Fsp3) is 0.500. The lowest BCUT2D eigenvalue weighted by molar-refractivity contribution is -0.121. The van der Waals surface area contributed by atoms with Crippen molar-refractivity contribution in [2.45, 2.75) is 43.9 Å². The quantitative estimate of drug-likeness (QED) is 0.850. The van der Waals surface area contributed by atoms with Gasteiger partial charge in [-0.1, -0.05) is 41.8 Å². The molecule has 1 aliphatic rings. The van der Waals surface area contributed by atoms with Crippen molar-refractivity contribution in [3.63, 3.8) is 0 Å². The molecule has 7 heteroatoms. The van der Waals surface area contributed by atoms with Crippen molar-refractivity contribution >= 4 is 17.5 Å². The molecular formula is C16H20ClN5O. The predicted molar refractivity (Wildman–Crippen MR) is 87.1 cm³/mol. The van der Waals surface area contributed by atoms with Gasteiger partial charge in [0.25, 0.3) is 0 Å². The van der Waals surface area contributed by atoms with Crippen LogP contribution in [-0.2, 0) is 16.6 Å². The van der Waals surface area contributed by atoms with Crippen LogP contribution in [0.4, 0.5) is 0 Å². The molecule has 0 saturated heterocycles. The first-order valence-electron chi connectivity index (χ1n) is 7.93. The van der Waals surface area contributed by atoms with E-state index >= 15 is 0 Å². The van der Waals surface area contributed by atoms with E-state index in [1.54, 1.807) is 0 Å². The SMILES string of the molecule is O=C(CCc1nn[nH]n1)NCC1(c2cccc(Cl)c2)CCCC1. The summed E-state index contributed by atoms with van der Waals surface area (Å²) >= 11 is 6.14. The fourth-order valence-electron chi connectivity index (χ4n) is 3.31. The van der Waals surface area contributed by atoms with Gasteiger partial charge >= 0.3 is 0 Å². The normalized spacial score (nSPS) is 16.4. The lowest BCUT2D eigenvalue weighted by atomic mass is 9.79. The zero-order chi connectivity index (χ0) is 16.1. The minimum atomic E-state index is 0.00665. The summed E-state index contributed by atoms with van der Waals surface area (Å²) in [5.74, 6) is 0.577. The molecule has 1 saturated carbocycles. The number of amides is 1. The Morgan fingerprint density at radius 1 is 1.35 bits per heavy atom. The second-order valence-electron chi connectivity index (χ2n) is 6.10. The molecule has 6 nitrogen and oxygen atoms in total. The summed E-state index contributed by atoms with van der Waals surface area (Å²) < 4.78 is 0. The van der Waals surface area contributed by atoms with Crippen LogP contribution in [0.15, 0.2) is 24.3 Å². The van der Waals surface area contributed by atoms with Gasteiger partial charge in [0.05, 0.1) is 0 Å². The van der Waals surface area contributed by atoms with E-state index in [1.807, 2.05) is 18.2 Å². The first-order chi connectivity index (χ1) is 11.2. The van der Waals surface area contributed by atoms with Crippen molar-refractivity contribution in [2.75, 3.05) is 6.54 Å². The molecule has 0 atom stereocenters. The second kappa shape index (κ2) is 7.08. The van der Waals surface area contributed by atoms with Crippen molar-refractivity contribution in [3.05, 3.63) is 40.7 Å². The zero-order valence-corrected chi connectivity index (χ0v) is 13.6. The Bertz CT molecular complexity index is 652.